The molecule has 0 aliphatic carbocycles. The molecule has 29 heavy (non-hydrogen) atoms. The van der Waals surface area contributed by atoms with Gasteiger partial charge in [0.1, 0.15) is 12.4 Å². The summed E-state index contributed by atoms with van der Waals surface area (Å²) in [6.07, 6.45) is 5.65. The molecule has 4 rings (SSSR count). The topological polar surface area (TPSA) is 60.6 Å². The van der Waals surface area contributed by atoms with Gasteiger partial charge in [-0.3, -0.25) is 20.4 Å². The van der Waals surface area contributed by atoms with E-state index in [2.05, 4.69) is 64.4 Å². The van der Waals surface area contributed by atoms with Gasteiger partial charge in [0.25, 0.3) is 0 Å². The van der Waals surface area contributed by atoms with Gasteiger partial charge in [-0.1, -0.05) is 37.6 Å². The number of hydrogen-bond donors (Lipinski definition) is 4. The molecule has 0 spiro atoms. The highest BCUT2D eigenvalue weighted by atomic mass is 32.2. The SMILES string of the molecule is CCCCN1CCNCC1N[C@H](C)c1ccc(C2NOC(C3CCCS3)N2)cc1. The van der Waals surface area contributed by atoms with Crippen molar-refractivity contribution in [2.45, 2.75) is 69.4 Å². The van der Waals surface area contributed by atoms with Crippen molar-refractivity contribution in [2.24, 2.45) is 0 Å². The maximum atomic E-state index is 5.82. The summed E-state index contributed by atoms with van der Waals surface area (Å²) in [5, 5.41) is 11.5. The van der Waals surface area contributed by atoms with Gasteiger partial charge in [-0.2, -0.15) is 17.2 Å². The maximum absolute atomic E-state index is 5.82. The third-order valence-electron chi connectivity index (χ3n) is 6.31. The fraction of sp³-hybridized carbons (Fsp3) is 0.727. The molecule has 0 aromatic heterocycles. The molecule has 0 radical (unpaired) electrons. The number of piperazine rings is 1. The average Bonchev–Trinajstić information content (AvgIpc) is 3.45. The van der Waals surface area contributed by atoms with Gasteiger partial charge in [-0.25, -0.2) is 0 Å². The van der Waals surface area contributed by atoms with Crippen LogP contribution in [0.25, 0.3) is 0 Å². The molecule has 0 saturated carbocycles. The Morgan fingerprint density at radius 3 is 2.93 bits per heavy atom. The van der Waals surface area contributed by atoms with E-state index in [9.17, 15) is 0 Å². The van der Waals surface area contributed by atoms with E-state index in [4.69, 9.17) is 4.84 Å². The average molecular weight is 420 g/mol. The summed E-state index contributed by atoms with van der Waals surface area (Å²) in [7, 11) is 0. The van der Waals surface area contributed by atoms with Crippen LogP contribution >= 0.6 is 11.8 Å². The number of nitrogens with zero attached hydrogens (tertiary/aromatic N) is 1. The molecule has 1 aromatic carbocycles. The van der Waals surface area contributed by atoms with Gasteiger partial charge in [0.2, 0.25) is 0 Å². The van der Waals surface area contributed by atoms with Crippen LogP contribution in [0.4, 0.5) is 0 Å². The van der Waals surface area contributed by atoms with E-state index >= 15 is 0 Å². The van der Waals surface area contributed by atoms with Gasteiger partial charge in [0.05, 0.1) is 6.17 Å². The zero-order valence-corrected chi connectivity index (χ0v) is 18.6. The molecule has 7 heteroatoms. The first-order valence-electron chi connectivity index (χ1n) is 11.3. The number of thioether (sulfide) groups is 1. The van der Waals surface area contributed by atoms with Gasteiger partial charge in [-0.15, -0.1) is 0 Å². The predicted octanol–water partition coefficient (Wildman–Crippen LogP) is 2.71. The van der Waals surface area contributed by atoms with Crippen molar-refractivity contribution in [3.05, 3.63) is 35.4 Å². The minimum atomic E-state index is 0.0746. The zero-order valence-electron chi connectivity index (χ0n) is 17.8. The largest absolute Gasteiger partial charge is 0.313 e. The van der Waals surface area contributed by atoms with Crippen LogP contribution in [0.5, 0.6) is 0 Å². The summed E-state index contributed by atoms with van der Waals surface area (Å²) in [6, 6.07) is 9.27. The molecule has 3 fully saturated rings. The summed E-state index contributed by atoms with van der Waals surface area (Å²) in [4.78, 5) is 8.41. The third-order valence-corrected chi connectivity index (χ3v) is 7.75. The van der Waals surface area contributed by atoms with Crippen molar-refractivity contribution >= 4 is 11.8 Å². The minimum absolute atomic E-state index is 0.0746. The number of nitrogens with one attached hydrogen (secondary N) is 4. The molecule has 5 atom stereocenters. The van der Waals surface area contributed by atoms with Crippen molar-refractivity contribution in [3.8, 4) is 0 Å². The van der Waals surface area contributed by atoms with E-state index in [1.54, 1.807) is 0 Å². The Balaban J connectivity index is 1.31. The van der Waals surface area contributed by atoms with Gasteiger partial charge in [0.15, 0.2) is 0 Å². The highest BCUT2D eigenvalue weighted by Gasteiger charge is 2.34. The molecule has 3 saturated heterocycles. The predicted molar refractivity (Wildman–Crippen MR) is 120 cm³/mol. The third kappa shape index (κ3) is 5.53. The van der Waals surface area contributed by atoms with E-state index in [-0.39, 0.29) is 12.4 Å². The van der Waals surface area contributed by atoms with Crippen LogP contribution in [-0.2, 0) is 4.84 Å². The maximum Gasteiger partial charge on any atom is 0.143 e. The first-order chi connectivity index (χ1) is 14.2. The van der Waals surface area contributed by atoms with Crippen molar-refractivity contribution < 1.29 is 4.84 Å². The Labute approximate surface area is 179 Å². The lowest BCUT2D eigenvalue weighted by atomic mass is 10.0. The molecule has 3 heterocycles. The molecule has 4 unspecified atom stereocenters. The van der Waals surface area contributed by atoms with E-state index in [0.717, 1.165) is 19.6 Å². The molecule has 1 aromatic rings. The molecule has 6 nitrogen and oxygen atoms in total. The Kier molecular flexibility index (Phi) is 7.86. The van der Waals surface area contributed by atoms with Crippen LogP contribution in [-0.4, -0.2) is 54.5 Å². The Bertz CT molecular complexity index is 624. The quantitative estimate of drug-likeness (QED) is 0.517. The summed E-state index contributed by atoms with van der Waals surface area (Å²) in [6.45, 7) is 8.95. The highest BCUT2D eigenvalue weighted by Crippen LogP contribution is 2.32. The summed E-state index contributed by atoms with van der Waals surface area (Å²) < 4.78 is 0. The number of hydrogen-bond acceptors (Lipinski definition) is 7. The van der Waals surface area contributed by atoms with Crippen LogP contribution in [0, 0.1) is 0 Å². The fourth-order valence-corrected chi connectivity index (χ4v) is 5.74. The lowest BCUT2D eigenvalue weighted by molar-refractivity contribution is 0.0213. The summed E-state index contributed by atoms with van der Waals surface area (Å²) in [5.74, 6) is 1.25. The monoisotopic (exact) mass is 419 g/mol. The molecular weight excluding hydrogens is 382 g/mol. The Morgan fingerprint density at radius 2 is 2.17 bits per heavy atom. The molecule has 0 bridgehead atoms. The number of rotatable bonds is 8. The molecule has 4 N–H and O–H groups in total. The van der Waals surface area contributed by atoms with Crippen molar-refractivity contribution in [3.63, 3.8) is 0 Å². The van der Waals surface area contributed by atoms with E-state index in [1.807, 2.05) is 11.8 Å². The van der Waals surface area contributed by atoms with Crippen LogP contribution in [0.3, 0.4) is 0 Å². The van der Waals surface area contributed by atoms with Gasteiger partial charge in [0, 0.05) is 30.9 Å². The molecular formula is C22H37N5OS. The number of unbranched alkanes of at least 4 members (excludes halogenated alkanes) is 1. The minimum Gasteiger partial charge on any atom is -0.313 e. The van der Waals surface area contributed by atoms with Crippen LogP contribution in [0.15, 0.2) is 24.3 Å². The van der Waals surface area contributed by atoms with Crippen molar-refractivity contribution in [2.75, 3.05) is 31.9 Å². The highest BCUT2D eigenvalue weighted by molar-refractivity contribution is 8.00. The van der Waals surface area contributed by atoms with E-state index < -0.39 is 0 Å². The second-order valence-electron chi connectivity index (χ2n) is 8.47. The van der Waals surface area contributed by atoms with E-state index in [1.165, 1.54) is 49.1 Å². The summed E-state index contributed by atoms with van der Waals surface area (Å²) in [5.41, 5.74) is 5.75. The van der Waals surface area contributed by atoms with Crippen LogP contribution in [0.1, 0.15) is 62.9 Å². The normalized spacial score (nSPS) is 31.9. The van der Waals surface area contributed by atoms with Crippen LogP contribution in [0.2, 0.25) is 0 Å². The fourth-order valence-electron chi connectivity index (χ4n) is 4.46. The Morgan fingerprint density at radius 1 is 1.31 bits per heavy atom. The molecule has 3 aliphatic heterocycles. The van der Waals surface area contributed by atoms with Gasteiger partial charge >= 0.3 is 0 Å². The van der Waals surface area contributed by atoms with Gasteiger partial charge in [-0.05, 0) is 49.6 Å². The Hall–Kier alpha value is -0.670. The molecule has 0 amide bonds. The zero-order chi connectivity index (χ0) is 20.1. The lowest BCUT2D eigenvalue weighted by Gasteiger charge is -2.38. The second kappa shape index (κ2) is 10.6. The number of hydroxylamine groups is 1. The standard InChI is InChI=1S/C22H37N5OS/c1-3-4-12-27-13-11-23-15-20(27)24-16(2)17-7-9-18(10-8-17)21-25-22(28-26-21)19-6-5-14-29-19/h7-10,16,19-26H,3-6,11-15H2,1-2H3/t16-,19?,20?,21?,22?/m1/s1. The number of benzene rings is 1. The van der Waals surface area contributed by atoms with E-state index in [0.29, 0.717) is 17.5 Å². The second-order valence-corrected chi connectivity index (χ2v) is 9.82. The smallest absolute Gasteiger partial charge is 0.143 e. The first kappa shape index (κ1) is 21.6. The summed E-state index contributed by atoms with van der Waals surface area (Å²) >= 11 is 2.02. The first-order valence-corrected chi connectivity index (χ1v) is 12.4. The van der Waals surface area contributed by atoms with Crippen LogP contribution < -0.4 is 21.4 Å². The van der Waals surface area contributed by atoms with Crippen molar-refractivity contribution in [1.82, 2.24) is 26.3 Å². The van der Waals surface area contributed by atoms with Crippen molar-refractivity contribution in [1.29, 1.82) is 0 Å². The molecule has 162 valence electrons. The van der Waals surface area contributed by atoms with Gasteiger partial charge < -0.3 is 5.32 Å². The molecule has 3 aliphatic rings. The lowest BCUT2D eigenvalue weighted by Crippen LogP contribution is -2.58.